The summed E-state index contributed by atoms with van der Waals surface area (Å²) in [5.74, 6) is -2.45. The minimum atomic E-state index is -1.11. The van der Waals surface area contributed by atoms with Crippen molar-refractivity contribution in [1.29, 1.82) is 0 Å². The van der Waals surface area contributed by atoms with Crippen molar-refractivity contribution in [2.75, 3.05) is 13.1 Å². The Morgan fingerprint density at radius 3 is 2.67 bits per heavy atom. The second-order valence-electron chi connectivity index (χ2n) is 5.22. The van der Waals surface area contributed by atoms with Gasteiger partial charge in [-0.25, -0.2) is 9.18 Å². The lowest BCUT2D eigenvalue weighted by molar-refractivity contribution is -0.128. The van der Waals surface area contributed by atoms with Crippen LogP contribution in [0.25, 0.3) is 0 Å². The Bertz CT molecular complexity index is 820. The number of piperazine rings is 1. The predicted octanol–water partition coefficient (Wildman–Crippen LogP) is 1.90. The first-order valence-electron chi connectivity index (χ1n) is 7.14. The number of carbonyl (C=O) groups excluding carboxylic acids is 2. The molecule has 2 N–H and O–H groups in total. The number of rotatable bonds is 3. The normalized spacial score (nSPS) is 17.5. The predicted molar refractivity (Wildman–Crippen MR) is 84.5 cm³/mol. The topological polar surface area (TPSA) is 86.7 Å². The van der Waals surface area contributed by atoms with E-state index in [1.807, 2.05) is 0 Å². The molecule has 6 nitrogen and oxygen atoms in total. The molecule has 124 valence electrons. The smallest absolute Gasteiger partial charge is 0.345 e. The van der Waals surface area contributed by atoms with E-state index in [2.05, 4.69) is 5.32 Å². The van der Waals surface area contributed by atoms with E-state index in [9.17, 15) is 18.8 Å². The molecule has 0 aliphatic carbocycles. The van der Waals surface area contributed by atoms with Gasteiger partial charge in [-0.05, 0) is 29.8 Å². The van der Waals surface area contributed by atoms with Gasteiger partial charge in [0.15, 0.2) is 0 Å². The fourth-order valence-electron chi connectivity index (χ4n) is 2.60. The molecule has 0 radical (unpaired) electrons. The molecule has 1 aliphatic rings. The lowest BCUT2D eigenvalue weighted by atomic mass is 10.0. The van der Waals surface area contributed by atoms with E-state index in [-0.39, 0.29) is 22.8 Å². The molecule has 0 unspecified atom stereocenters. The molecular formula is C16H13FN2O4S. The van der Waals surface area contributed by atoms with Gasteiger partial charge in [0.05, 0.1) is 4.88 Å². The van der Waals surface area contributed by atoms with Crippen LogP contribution in [0, 0.1) is 5.82 Å². The van der Waals surface area contributed by atoms with Gasteiger partial charge in [-0.15, -0.1) is 11.3 Å². The third kappa shape index (κ3) is 3.00. The van der Waals surface area contributed by atoms with Crippen molar-refractivity contribution in [3.8, 4) is 0 Å². The molecule has 2 heterocycles. The fraction of sp³-hybridized carbons (Fsp3) is 0.188. The quantitative estimate of drug-likeness (QED) is 0.887. The van der Waals surface area contributed by atoms with E-state index < -0.39 is 29.6 Å². The van der Waals surface area contributed by atoms with Crippen molar-refractivity contribution in [2.45, 2.75) is 6.04 Å². The third-order valence-corrected chi connectivity index (χ3v) is 4.73. The maximum absolute atomic E-state index is 13.5. The molecule has 1 atom stereocenters. The van der Waals surface area contributed by atoms with Crippen molar-refractivity contribution >= 4 is 29.1 Å². The molecule has 1 aromatic carbocycles. The van der Waals surface area contributed by atoms with Gasteiger partial charge >= 0.3 is 5.97 Å². The van der Waals surface area contributed by atoms with Crippen molar-refractivity contribution in [3.05, 3.63) is 57.5 Å². The number of nitrogens with one attached hydrogen (secondary N) is 1. The zero-order valence-corrected chi connectivity index (χ0v) is 13.2. The Morgan fingerprint density at radius 1 is 1.25 bits per heavy atom. The van der Waals surface area contributed by atoms with Crippen molar-refractivity contribution in [2.24, 2.45) is 0 Å². The molecule has 2 aromatic rings. The number of hydrogen-bond acceptors (Lipinski definition) is 4. The van der Waals surface area contributed by atoms with Gasteiger partial charge in [0.25, 0.3) is 5.91 Å². The Balaban J connectivity index is 1.95. The molecule has 1 aliphatic heterocycles. The average molecular weight is 348 g/mol. The van der Waals surface area contributed by atoms with Gasteiger partial charge in [0, 0.05) is 13.1 Å². The summed E-state index contributed by atoms with van der Waals surface area (Å²) in [6.07, 6.45) is 0. The highest BCUT2D eigenvalue weighted by Gasteiger charge is 2.35. The van der Waals surface area contributed by atoms with Crippen LogP contribution in [0.15, 0.2) is 36.4 Å². The summed E-state index contributed by atoms with van der Waals surface area (Å²) < 4.78 is 13.5. The van der Waals surface area contributed by atoms with Gasteiger partial charge in [-0.3, -0.25) is 9.59 Å². The van der Waals surface area contributed by atoms with E-state index in [1.165, 1.54) is 35.2 Å². The van der Waals surface area contributed by atoms with Gasteiger partial charge in [-0.2, -0.15) is 0 Å². The second kappa shape index (κ2) is 6.40. The van der Waals surface area contributed by atoms with Gasteiger partial charge in [0.1, 0.15) is 16.7 Å². The SMILES string of the molecule is O=C(O)c1ccc(C(=O)N2CCNC(=O)[C@@H]2c2cccc(F)c2)s1. The number of carbonyl (C=O) groups is 3. The van der Waals surface area contributed by atoms with Crippen molar-refractivity contribution in [3.63, 3.8) is 0 Å². The first-order valence-corrected chi connectivity index (χ1v) is 7.96. The highest BCUT2D eigenvalue weighted by Crippen LogP contribution is 2.28. The Labute approximate surface area is 140 Å². The van der Waals surface area contributed by atoms with Gasteiger partial charge in [-0.1, -0.05) is 12.1 Å². The molecule has 0 bridgehead atoms. The number of benzene rings is 1. The molecule has 24 heavy (non-hydrogen) atoms. The van der Waals surface area contributed by atoms with E-state index in [0.29, 0.717) is 5.56 Å². The third-order valence-electron chi connectivity index (χ3n) is 3.66. The summed E-state index contributed by atoms with van der Waals surface area (Å²) in [6, 6.07) is 7.35. The molecular weight excluding hydrogens is 335 g/mol. The van der Waals surface area contributed by atoms with Crippen LogP contribution in [0.5, 0.6) is 0 Å². The minimum Gasteiger partial charge on any atom is -0.477 e. The maximum atomic E-state index is 13.5. The number of nitrogens with zero attached hydrogens (tertiary/aromatic N) is 1. The average Bonchev–Trinajstić information content (AvgIpc) is 3.04. The molecule has 1 fully saturated rings. The Morgan fingerprint density at radius 2 is 2.00 bits per heavy atom. The molecule has 2 amide bonds. The second-order valence-corrected chi connectivity index (χ2v) is 6.30. The van der Waals surface area contributed by atoms with Crippen molar-refractivity contribution in [1.82, 2.24) is 10.2 Å². The molecule has 1 aromatic heterocycles. The number of halogens is 1. The number of aromatic carboxylic acids is 1. The van der Waals surface area contributed by atoms with Crippen LogP contribution in [0.2, 0.25) is 0 Å². The summed E-state index contributed by atoms with van der Waals surface area (Å²) in [5, 5.41) is 11.6. The summed E-state index contributed by atoms with van der Waals surface area (Å²) in [6.45, 7) is 0.541. The van der Waals surface area contributed by atoms with Crippen LogP contribution in [0.4, 0.5) is 4.39 Å². The highest BCUT2D eigenvalue weighted by atomic mass is 32.1. The van der Waals surface area contributed by atoms with Gasteiger partial charge < -0.3 is 15.3 Å². The highest BCUT2D eigenvalue weighted by molar-refractivity contribution is 7.15. The molecule has 0 spiro atoms. The van der Waals surface area contributed by atoms with Crippen LogP contribution in [0.3, 0.4) is 0 Å². The zero-order valence-electron chi connectivity index (χ0n) is 12.4. The first kappa shape index (κ1) is 16.1. The summed E-state index contributed by atoms with van der Waals surface area (Å²) in [5.41, 5.74) is 0.371. The fourth-order valence-corrected chi connectivity index (χ4v) is 3.40. The number of thiophene rings is 1. The number of carboxylic acids is 1. The number of carboxylic acid groups (broad SMARTS) is 1. The molecule has 3 rings (SSSR count). The van der Waals surface area contributed by atoms with E-state index in [1.54, 1.807) is 6.07 Å². The summed E-state index contributed by atoms with van der Waals surface area (Å²) >= 11 is 0.848. The monoisotopic (exact) mass is 348 g/mol. The van der Waals surface area contributed by atoms with E-state index in [0.717, 1.165) is 11.3 Å². The van der Waals surface area contributed by atoms with Crippen LogP contribution in [0.1, 0.15) is 30.9 Å². The molecule has 1 saturated heterocycles. The lowest BCUT2D eigenvalue weighted by Crippen LogP contribution is -2.52. The summed E-state index contributed by atoms with van der Waals surface area (Å²) in [7, 11) is 0. The largest absolute Gasteiger partial charge is 0.477 e. The van der Waals surface area contributed by atoms with E-state index >= 15 is 0 Å². The Kier molecular flexibility index (Phi) is 4.30. The lowest BCUT2D eigenvalue weighted by Gasteiger charge is -2.35. The van der Waals surface area contributed by atoms with Crippen LogP contribution in [-0.4, -0.2) is 40.9 Å². The van der Waals surface area contributed by atoms with Crippen LogP contribution in [-0.2, 0) is 4.79 Å². The van der Waals surface area contributed by atoms with Gasteiger partial charge in [0.2, 0.25) is 5.91 Å². The summed E-state index contributed by atoms with van der Waals surface area (Å²) in [4.78, 5) is 37.5. The number of hydrogen-bond donors (Lipinski definition) is 2. The number of amides is 2. The molecule has 8 heteroatoms. The Hall–Kier alpha value is -2.74. The minimum absolute atomic E-state index is 0.0436. The first-order chi connectivity index (χ1) is 11.5. The molecule has 0 saturated carbocycles. The van der Waals surface area contributed by atoms with Crippen LogP contribution < -0.4 is 5.32 Å². The van der Waals surface area contributed by atoms with E-state index in [4.69, 9.17) is 5.11 Å². The zero-order chi connectivity index (χ0) is 17.3. The van der Waals surface area contributed by atoms with Crippen LogP contribution >= 0.6 is 11.3 Å². The van der Waals surface area contributed by atoms with Crippen molar-refractivity contribution < 1.29 is 23.9 Å². The maximum Gasteiger partial charge on any atom is 0.345 e. The standard InChI is InChI=1S/C16H13FN2O4S/c17-10-3-1-2-9(8-10)13-14(20)18-6-7-19(13)15(21)11-4-5-12(24-11)16(22)23/h1-5,8,13H,6-7H2,(H,18,20)(H,22,23)/t13-/m0/s1.